The van der Waals surface area contributed by atoms with Gasteiger partial charge in [0.15, 0.2) is 11.5 Å². The summed E-state index contributed by atoms with van der Waals surface area (Å²) in [6.07, 6.45) is 4.35. The summed E-state index contributed by atoms with van der Waals surface area (Å²) in [6, 6.07) is 3.07. The lowest BCUT2D eigenvalue weighted by Gasteiger charge is -2.19. The Hall–Kier alpha value is -2.06. The van der Waals surface area contributed by atoms with Crippen LogP contribution >= 0.6 is 0 Å². The van der Waals surface area contributed by atoms with Crippen molar-refractivity contribution in [2.75, 3.05) is 34.4 Å². The molecule has 7 nitrogen and oxygen atoms in total. The average Bonchev–Trinajstić information content (AvgIpc) is 3.13. The number of methoxy groups -OCH3 is 3. The highest BCUT2D eigenvalue weighted by atomic mass is 32.2. The van der Waals surface area contributed by atoms with Crippen LogP contribution in [0.1, 0.15) is 18.4 Å². The number of carbonyl (C=O) groups excluding carboxylic acids is 1. The third kappa shape index (κ3) is 3.70. The van der Waals surface area contributed by atoms with Gasteiger partial charge in [-0.2, -0.15) is 4.31 Å². The molecule has 0 spiro atoms. The number of sulfonamides is 1. The van der Waals surface area contributed by atoms with Crippen molar-refractivity contribution in [3.63, 3.8) is 0 Å². The Morgan fingerprint density at radius 3 is 2.33 bits per heavy atom. The van der Waals surface area contributed by atoms with Crippen LogP contribution in [0.3, 0.4) is 0 Å². The maximum atomic E-state index is 12.9. The van der Waals surface area contributed by atoms with E-state index in [0.29, 0.717) is 18.7 Å². The molecule has 24 heavy (non-hydrogen) atoms. The van der Waals surface area contributed by atoms with Crippen LogP contribution in [0.2, 0.25) is 0 Å². The monoisotopic (exact) mass is 355 g/mol. The van der Waals surface area contributed by atoms with E-state index in [4.69, 9.17) is 9.47 Å². The average molecular weight is 355 g/mol. The second kappa shape index (κ2) is 7.67. The number of nitrogens with zero attached hydrogens (tertiary/aromatic N) is 1. The van der Waals surface area contributed by atoms with Crippen molar-refractivity contribution < 1.29 is 27.4 Å². The van der Waals surface area contributed by atoms with E-state index >= 15 is 0 Å². The van der Waals surface area contributed by atoms with Crippen LogP contribution in [0, 0.1) is 0 Å². The van der Waals surface area contributed by atoms with E-state index in [1.807, 2.05) is 0 Å². The topological polar surface area (TPSA) is 82.1 Å². The van der Waals surface area contributed by atoms with Crippen molar-refractivity contribution in [2.45, 2.75) is 17.7 Å². The smallest absolute Gasteiger partial charge is 0.330 e. The molecule has 1 aromatic rings. The summed E-state index contributed by atoms with van der Waals surface area (Å²) in [7, 11) is 0.388. The molecule has 1 aliphatic rings. The summed E-state index contributed by atoms with van der Waals surface area (Å²) in [5, 5.41) is 0. The highest BCUT2D eigenvalue weighted by Crippen LogP contribution is 2.38. The first-order chi connectivity index (χ1) is 11.4. The second-order valence-electron chi connectivity index (χ2n) is 5.22. The van der Waals surface area contributed by atoms with Crippen LogP contribution < -0.4 is 9.47 Å². The van der Waals surface area contributed by atoms with Crippen LogP contribution in [0.4, 0.5) is 0 Å². The van der Waals surface area contributed by atoms with Gasteiger partial charge in [0.1, 0.15) is 4.90 Å². The molecule has 0 amide bonds. The molecule has 1 fully saturated rings. The van der Waals surface area contributed by atoms with E-state index in [1.54, 1.807) is 6.07 Å². The summed E-state index contributed by atoms with van der Waals surface area (Å²) in [6.45, 7) is 0.964. The molecule has 0 saturated carbocycles. The minimum atomic E-state index is -3.70. The maximum absolute atomic E-state index is 12.9. The summed E-state index contributed by atoms with van der Waals surface area (Å²) in [5.74, 6) is -0.101. The fraction of sp³-hybridized carbons (Fsp3) is 0.438. The molecule has 132 valence electrons. The summed E-state index contributed by atoms with van der Waals surface area (Å²) >= 11 is 0. The van der Waals surface area contributed by atoms with Crippen LogP contribution in [-0.2, 0) is 19.6 Å². The SMILES string of the molecule is COC(=O)/C=C\c1cc(OC)c(OC)c(S(=O)(=O)N2CCCC2)c1. The highest BCUT2D eigenvalue weighted by Gasteiger charge is 2.31. The molecule has 1 heterocycles. The molecule has 0 aliphatic carbocycles. The molecule has 0 bridgehead atoms. The van der Waals surface area contributed by atoms with E-state index < -0.39 is 16.0 Å². The lowest BCUT2D eigenvalue weighted by molar-refractivity contribution is -0.134. The zero-order chi connectivity index (χ0) is 17.7. The molecule has 2 rings (SSSR count). The molecule has 8 heteroatoms. The fourth-order valence-electron chi connectivity index (χ4n) is 2.54. The molecular weight excluding hydrogens is 334 g/mol. The Labute approximate surface area is 141 Å². The van der Waals surface area contributed by atoms with Gasteiger partial charge in [0.05, 0.1) is 21.3 Å². The summed E-state index contributed by atoms with van der Waals surface area (Å²) < 4.78 is 42.3. The van der Waals surface area contributed by atoms with Crippen molar-refractivity contribution in [2.24, 2.45) is 0 Å². The molecule has 0 atom stereocenters. The van der Waals surface area contributed by atoms with Gasteiger partial charge in [0, 0.05) is 19.2 Å². The zero-order valence-corrected chi connectivity index (χ0v) is 14.8. The third-order valence-electron chi connectivity index (χ3n) is 3.76. The zero-order valence-electron chi connectivity index (χ0n) is 13.9. The Morgan fingerprint density at radius 1 is 1.12 bits per heavy atom. The number of ether oxygens (including phenoxy) is 3. The van der Waals surface area contributed by atoms with Gasteiger partial charge in [-0.15, -0.1) is 0 Å². The van der Waals surface area contributed by atoms with Crippen LogP contribution in [0.25, 0.3) is 6.08 Å². The van der Waals surface area contributed by atoms with E-state index in [-0.39, 0.29) is 16.4 Å². The quantitative estimate of drug-likeness (QED) is 0.570. The van der Waals surface area contributed by atoms with Crippen molar-refractivity contribution in [3.05, 3.63) is 23.8 Å². The molecule has 1 saturated heterocycles. The number of hydrogen-bond acceptors (Lipinski definition) is 6. The molecule has 0 unspecified atom stereocenters. The van der Waals surface area contributed by atoms with Gasteiger partial charge in [-0.25, -0.2) is 13.2 Å². The van der Waals surface area contributed by atoms with Crippen molar-refractivity contribution in [1.82, 2.24) is 4.31 Å². The standard InChI is InChI=1S/C16H21NO6S/c1-21-13-10-12(6-7-15(18)22-2)11-14(16(13)23-3)24(19,20)17-8-4-5-9-17/h6-7,10-11H,4-5,8-9H2,1-3H3/b7-6-. The predicted octanol–water partition coefficient (Wildman–Crippen LogP) is 1.67. The lowest BCUT2D eigenvalue weighted by Crippen LogP contribution is -2.28. The van der Waals surface area contributed by atoms with E-state index in [9.17, 15) is 13.2 Å². The summed E-state index contributed by atoms with van der Waals surface area (Å²) in [4.78, 5) is 11.3. The van der Waals surface area contributed by atoms with Crippen LogP contribution in [0.15, 0.2) is 23.1 Å². The maximum Gasteiger partial charge on any atom is 0.330 e. The number of esters is 1. The fourth-order valence-corrected chi connectivity index (χ4v) is 4.26. The number of carbonyl (C=O) groups is 1. The molecule has 1 aliphatic heterocycles. The Kier molecular flexibility index (Phi) is 5.84. The molecule has 1 aromatic carbocycles. The lowest BCUT2D eigenvalue weighted by atomic mass is 10.2. The van der Waals surface area contributed by atoms with Gasteiger partial charge in [-0.3, -0.25) is 0 Å². The van der Waals surface area contributed by atoms with Crippen LogP contribution in [-0.4, -0.2) is 53.1 Å². The van der Waals surface area contributed by atoms with E-state index in [1.165, 1.54) is 43.9 Å². The van der Waals surface area contributed by atoms with E-state index in [0.717, 1.165) is 12.8 Å². The van der Waals surface area contributed by atoms with Crippen molar-refractivity contribution in [3.8, 4) is 11.5 Å². The Balaban J connectivity index is 2.55. The first kappa shape index (κ1) is 18.3. The second-order valence-corrected chi connectivity index (χ2v) is 7.13. The van der Waals surface area contributed by atoms with Gasteiger partial charge >= 0.3 is 5.97 Å². The van der Waals surface area contributed by atoms with E-state index in [2.05, 4.69) is 4.74 Å². The highest BCUT2D eigenvalue weighted by molar-refractivity contribution is 7.89. The molecular formula is C16H21NO6S. The minimum absolute atomic E-state index is 0.0239. The van der Waals surface area contributed by atoms with Gasteiger partial charge in [0.25, 0.3) is 0 Å². The van der Waals surface area contributed by atoms with Crippen molar-refractivity contribution >= 4 is 22.1 Å². The predicted molar refractivity (Wildman–Crippen MR) is 88.6 cm³/mol. The third-order valence-corrected chi connectivity index (χ3v) is 5.67. The molecule has 0 N–H and O–H groups in total. The van der Waals surface area contributed by atoms with Crippen molar-refractivity contribution in [1.29, 1.82) is 0 Å². The normalized spacial score (nSPS) is 15.6. The van der Waals surface area contributed by atoms with Gasteiger partial charge in [0.2, 0.25) is 10.0 Å². The first-order valence-corrected chi connectivity index (χ1v) is 8.90. The van der Waals surface area contributed by atoms with Gasteiger partial charge in [-0.05, 0) is 36.6 Å². The number of benzene rings is 1. The molecule has 0 radical (unpaired) electrons. The molecule has 0 aromatic heterocycles. The number of hydrogen-bond donors (Lipinski definition) is 0. The largest absolute Gasteiger partial charge is 0.493 e. The van der Waals surface area contributed by atoms with Gasteiger partial charge in [-0.1, -0.05) is 0 Å². The summed E-state index contributed by atoms with van der Waals surface area (Å²) in [5.41, 5.74) is 0.496. The van der Waals surface area contributed by atoms with Crippen LogP contribution in [0.5, 0.6) is 11.5 Å². The minimum Gasteiger partial charge on any atom is -0.493 e. The van der Waals surface area contributed by atoms with Gasteiger partial charge < -0.3 is 14.2 Å². The Morgan fingerprint density at radius 2 is 1.79 bits per heavy atom. The first-order valence-electron chi connectivity index (χ1n) is 7.46. The Bertz CT molecular complexity index is 735. The number of rotatable bonds is 6.